The van der Waals surface area contributed by atoms with Crippen LogP contribution in [0.25, 0.3) is 0 Å². The van der Waals surface area contributed by atoms with Gasteiger partial charge in [0, 0.05) is 24.6 Å². The molecule has 132 valence electrons. The molecule has 1 spiro atoms. The van der Waals surface area contributed by atoms with Crippen molar-refractivity contribution in [3.8, 4) is 0 Å². The first-order chi connectivity index (χ1) is 11.7. The largest absolute Gasteiger partial charge is 0.459 e. The molecule has 5 heteroatoms. The lowest BCUT2D eigenvalue weighted by molar-refractivity contribution is -0.133. The number of amides is 1. The number of furan rings is 1. The summed E-state index contributed by atoms with van der Waals surface area (Å²) < 4.78 is 17.6. The summed E-state index contributed by atoms with van der Waals surface area (Å²) in [5.74, 6) is 1.63. The van der Waals surface area contributed by atoms with Gasteiger partial charge in [-0.2, -0.15) is 0 Å². The molecule has 0 aromatic carbocycles. The number of hydrogen-bond acceptors (Lipinski definition) is 4. The lowest BCUT2D eigenvalue weighted by Gasteiger charge is -2.43. The van der Waals surface area contributed by atoms with Gasteiger partial charge in [-0.1, -0.05) is 6.42 Å². The van der Waals surface area contributed by atoms with Crippen LogP contribution in [-0.4, -0.2) is 49.3 Å². The predicted molar refractivity (Wildman–Crippen MR) is 88.9 cm³/mol. The molecular formula is C19H27NO4. The Morgan fingerprint density at radius 1 is 1.38 bits per heavy atom. The standard InChI is InChI=1S/C19H27NO4/c1-14-6-9-23-17(14)18(21)20-8-10-24-19(13-20)7-2-3-16(19)12-22-11-15-4-5-15/h6,9,15-16H,2-5,7-8,10-13H2,1H3/t16-,19+/m0/s1. The van der Waals surface area contributed by atoms with Crippen molar-refractivity contribution >= 4 is 5.91 Å². The first-order valence-electron chi connectivity index (χ1n) is 9.23. The van der Waals surface area contributed by atoms with E-state index in [1.807, 2.05) is 17.9 Å². The van der Waals surface area contributed by atoms with Crippen molar-refractivity contribution in [2.45, 2.75) is 44.6 Å². The molecule has 0 unspecified atom stereocenters. The molecular weight excluding hydrogens is 306 g/mol. The highest BCUT2D eigenvalue weighted by Crippen LogP contribution is 2.42. The highest BCUT2D eigenvalue weighted by Gasteiger charge is 2.48. The topological polar surface area (TPSA) is 51.9 Å². The van der Waals surface area contributed by atoms with Crippen LogP contribution >= 0.6 is 0 Å². The number of aryl methyl sites for hydroxylation is 1. The summed E-state index contributed by atoms with van der Waals surface area (Å²) in [5, 5.41) is 0. The molecule has 3 aliphatic rings. The average Bonchev–Trinajstić information content (AvgIpc) is 3.20. The molecule has 1 saturated heterocycles. The molecule has 1 aromatic rings. The number of morpholine rings is 1. The molecule has 5 nitrogen and oxygen atoms in total. The normalized spacial score (nSPS) is 30.2. The summed E-state index contributed by atoms with van der Waals surface area (Å²) in [5.41, 5.74) is 0.675. The molecule has 2 saturated carbocycles. The van der Waals surface area contributed by atoms with Crippen LogP contribution in [0.5, 0.6) is 0 Å². The van der Waals surface area contributed by atoms with Crippen molar-refractivity contribution in [3.63, 3.8) is 0 Å². The van der Waals surface area contributed by atoms with Crippen molar-refractivity contribution in [3.05, 3.63) is 23.7 Å². The second kappa shape index (κ2) is 6.52. The van der Waals surface area contributed by atoms with Crippen LogP contribution < -0.4 is 0 Å². The molecule has 3 fully saturated rings. The zero-order valence-corrected chi connectivity index (χ0v) is 14.5. The van der Waals surface area contributed by atoms with Gasteiger partial charge in [-0.15, -0.1) is 0 Å². The fraction of sp³-hybridized carbons (Fsp3) is 0.737. The monoisotopic (exact) mass is 333 g/mol. The number of hydrogen-bond donors (Lipinski definition) is 0. The van der Waals surface area contributed by atoms with Crippen LogP contribution in [0.4, 0.5) is 0 Å². The van der Waals surface area contributed by atoms with Gasteiger partial charge in [0.05, 0.1) is 31.6 Å². The molecule has 1 aromatic heterocycles. The molecule has 2 heterocycles. The Bertz CT molecular complexity index is 594. The summed E-state index contributed by atoms with van der Waals surface area (Å²) >= 11 is 0. The van der Waals surface area contributed by atoms with Gasteiger partial charge in [-0.25, -0.2) is 0 Å². The van der Waals surface area contributed by atoms with E-state index in [2.05, 4.69) is 0 Å². The van der Waals surface area contributed by atoms with Gasteiger partial charge in [-0.3, -0.25) is 4.79 Å². The summed E-state index contributed by atoms with van der Waals surface area (Å²) in [7, 11) is 0. The average molecular weight is 333 g/mol. The first-order valence-corrected chi connectivity index (χ1v) is 9.23. The molecule has 2 atom stereocenters. The maximum atomic E-state index is 12.8. The zero-order chi connectivity index (χ0) is 16.6. The minimum Gasteiger partial charge on any atom is -0.459 e. The van der Waals surface area contributed by atoms with Gasteiger partial charge in [0.2, 0.25) is 0 Å². The molecule has 0 bridgehead atoms. The van der Waals surface area contributed by atoms with Crippen LogP contribution in [0, 0.1) is 18.8 Å². The van der Waals surface area contributed by atoms with Crippen LogP contribution in [0.15, 0.2) is 16.7 Å². The second-order valence-corrected chi connectivity index (χ2v) is 7.64. The van der Waals surface area contributed by atoms with E-state index in [4.69, 9.17) is 13.9 Å². The molecule has 24 heavy (non-hydrogen) atoms. The van der Waals surface area contributed by atoms with Crippen molar-refractivity contribution in [1.29, 1.82) is 0 Å². The Labute approximate surface area is 143 Å². The van der Waals surface area contributed by atoms with E-state index in [0.717, 1.165) is 44.0 Å². The molecule has 1 aliphatic heterocycles. The smallest absolute Gasteiger partial charge is 0.290 e. The van der Waals surface area contributed by atoms with Crippen molar-refractivity contribution in [1.82, 2.24) is 4.90 Å². The summed E-state index contributed by atoms with van der Waals surface area (Å²) in [6.45, 7) is 5.46. The quantitative estimate of drug-likeness (QED) is 0.831. The van der Waals surface area contributed by atoms with Gasteiger partial charge in [-0.05, 0) is 44.6 Å². The molecule has 0 N–H and O–H groups in total. The van der Waals surface area contributed by atoms with Gasteiger partial charge in [0.1, 0.15) is 0 Å². The molecule has 0 radical (unpaired) electrons. The van der Waals surface area contributed by atoms with E-state index in [-0.39, 0.29) is 11.5 Å². The van der Waals surface area contributed by atoms with Crippen LogP contribution in [0.2, 0.25) is 0 Å². The summed E-state index contributed by atoms with van der Waals surface area (Å²) in [6.07, 6.45) is 7.52. The van der Waals surface area contributed by atoms with Gasteiger partial charge in [0.15, 0.2) is 5.76 Å². The van der Waals surface area contributed by atoms with Gasteiger partial charge < -0.3 is 18.8 Å². The van der Waals surface area contributed by atoms with E-state index in [0.29, 0.717) is 31.4 Å². The lowest BCUT2D eigenvalue weighted by Crippen LogP contribution is -2.56. The number of nitrogens with zero attached hydrogens (tertiary/aromatic N) is 1. The summed E-state index contributed by atoms with van der Waals surface area (Å²) in [6, 6.07) is 1.84. The minimum atomic E-state index is -0.224. The van der Waals surface area contributed by atoms with E-state index in [9.17, 15) is 4.79 Å². The van der Waals surface area contributed by atoms with Crippen LogP contribution in [-0.2, 0) is 9.47 Å². The van der Waals surface area contributed by atoms with E-state index in [1.54, 1.807) is 6.26 Å². The van der Waals surface area contributed by atoms with E-state index >= 15 is 0 Å². The third-order valence-electron chi connectivity index (χ3n) is 5.82. The van der Waals surface area contributed by atoms with Crippen LogP contribution in [0.3, 0.4) is 0 Å². The number of ether oxygens (including phenoxy) is 2. The number of carbonyl (C=O) groups is 1. The predicted octanol–water partition coefficient (Wildman–Crippen LogP) is 3.03. The number of carbonyl (C=O) groups excluding carboxylic acids is 1. The minimum absolute atomic E-state index is 0.00952. The second-order valence-electron chi connectivity index (χ2n) is 7.64. The van der Waals surface area contributed by atoms with E-state index < -0.39 is 0 Å². The van der Waals surface area contributed by atoms with Gasteiger partial charge in [0.25, 0.3) is 5.91 Å². The van der Waals surface area contributed by atoms with Gasteiger partial charge >= 0.3 is 0 Å². The fourth-order valence-corrected chi connectivity index (χ4v) is 4.13. The Morgan fingerprint density at radius 3 is 3.00 bits per heavy atom. The van der Waals surface area contributed by atoms with E-state index in [1.165, 1.54) is 12.8 Å². The SMILES string of the molecule is Cc1ccoc1C(=O)N1CCO[C@]2(CCC[C@H]2COCC2CC2)C1. The lowest BCUT2D eigenvalue weighted by atomic mass is 9.89. The van der Waals surface area contributed by atoms with Crippen molar-refractivity contribution in [2.24, 2.45) is 11.8 Å². The fourth-order valence-electron chi connectivity index (χ4n) is 4.13. The van der Waals surface area contributed by atoms with Crippen LogP contribution in [0.1, 0.15) is 48.2 Å². The molecule has 2 aliphatic carbocycles. The third kappa shape index (κ3) is 3.11. The zero-order valence-electron chi connectivity index (χ0n) is 14.5. The Balaban J connectivity index is 1.42. The third-order valence-corrected chi connectivity index (χ3v) is 5.82. The first kappa shape index (κ1) is 16.2. The highest BCUT2D eigenvalue weighted by atomic mass is 16.5. The Hall–Kier alpha value is -1.33. The van der Waals surface area contributed by atoms with Crippen molar-refractivity contribution < 1.29 is 18.7 Å². The highest BCUT2D eigenvalue weighted by molar-refractivity contribution is 5.93. The molecule has 1 amide bonds. The Kier molecular flexibility index (Phi) is 4.39. The maximum absolute atomic E-state index is 12.8. The number of rotatable bonds is 5. The maximum Gasteiger partial charge on any atom is 0.290 e. The molecule has 4 rings (SSSR count). The Morgan fingerprint density at radius 2 is 2.25 bits per heavy atom. The summed E-state index contributed by atoms with van der Waals surface area (Å²) in [4.78, 5) is 14.7. The van der Waals surface area contributed by atoms with Crippen molar-refractivity contribution in [2.75, 3.05) is 32.9 Å².